The summed E-state index contributed by atoms with van der Waals surface area (Å²) in [7, 11) is 0. The summed E-state index contributed by atoms with van der Waals surface area (Å²) in [5, 5.41) is 10.5. The van der Waals surface area contributed by atoms with Gasteiger partial charge in [-0.15, -0.1) is 0 Å². The molecule has 19 heavy (non-hydrogen) atoms. The second kappa shape index (κ2) is 5.44. The molecule has 0 heterocycles. The molecule has 2 rings (SSSR count). The number of non-ortho nitro benzene ring substituents is 1. The van der Waals surface area contributed by atoms with Crippen molar-refractivity contribution in [3.63, 3.8) is 0 Å². The number of hydrogen-bond acceptors (Lipinski definition) is 3. The van der Waals surface area contributed by atoms with Gasteiger partial charge in [-0.2, -0.15) is 0 Å². The molecule has 4 nitrogen and oxygen atoms in total. The van der Waals surface area contributed by atoms with Crippen molar-refractivity contribution in [2.24, 2.45) is 0 Å². The SMILES string of the molecule is CC(=O)c1ccc(Cc2ccc([N+](=O)[O-])cc2)cc1. The third-order valence-corrected chi connectivity index (χ3v) is 2.92. The first kappa shape index (κ1) is 13.0. The van der Waals surface area contributed by atoms with E-state index in [1.165, 1.54) is 19.1 Å². The van der Waals surface area contributed by atoms with Crippen LogP contribution in [-0.4, -0.2) is 10.7 Å². The minimum atomic E-state index is -0.411. The summed E-state index contributed by atoms with van der Waals surface area (Å²) in [5.74, 6) is 0.0434. The highest BCUT2D eigenvalue weighted by Crippen LogP contribution is 2.15. The fourth-order valence-electron chi connectivity index (χ4n) is 1.83. The zero-order valence-corrected chi connectivity index (χ0v) is 10.5. The lowest BCUT2D eigenvalue weighted by atomic mass is 10.0. The summed E-state index contributed by atoms with van der Waals surface area (Å²) < 4.78 is 0. The van der Waals surface area contributed by atoms with Gasteiger partial charge in [-0.05, 0) is 24.5 Å². The Balaban J connectivity index is 2.12. The molecule has 4 heteroatoms. The quantitative estimate of drug-likeness (QED) is 0.478. The van der Waals surface area contributed by atoms with Crippen LogP contribution in [0.5, 0.6) is 0 Å². The summed E-state index contributed by atoms with van der Waals surface area (Å²) >= 11 is 0. The van der Waals surface area contributed by atoms with Crippen molar-refractivity contribution in [1.29, 1.82) is 0 Å². The van der Waals surface area contributed by atoms with E-state index in [1.54, 1.807) is 24.3 Å². The smallest absolute Gasteiger partial charge is 0.269 e. The van der Waals surface area contributed by atoms with Gasteiger partial charge >= 0.3 is 0 Å². The molecule has 0 saturated carbocycles. The second-order valence-corrected chi connectivity index (χ2v) is 4.35. The van der Waals surface area contributed by atoms with Crippen molar-refractivity contribution in [2.45, 2.75) is 13.3 Å². The molecular weight excluding hydrogens is 242 g/mol. The Bertz CT molecular complexity index is 545. The van der Waals surface area contributed by atoms with E-state index in [0.29, 0.717) is 12.0 Å². The van der Waals surface area contributed by atoms with Gasteiger partial charge < -0.3 is 0 Å². The average molecular weight is 255 g/mol. The van der Waals surface area contributed by atoms with Gasteiger partial charge in [0.15, 0.2) is 5.78 Å². The van der Waals surface area contributed by atoms with Gasteiger partial charge in [-0.3, -0.25) is 14.9 Å². The molecule has 2 aromatic carbocycles. The third kappa shape index (κ3) is 3.25. The van der Waals surface area contributed by atoms with Crippen molar-refractivity contribution < 1.29 is 9.72 Å². The van der Waals surface area contributed by atoms with Gasteiger partial charge in [-0.25, -0.2) is 0 Å². The van der Waals surface area contributed by atoms with Crippen LogP contribution < -0.4 is 0 Å². The Hall–Kier alpha value is -2.49. The van der Waals surface area contributed by atoms with Crippen LogP contribution in [0.3, 0.4) is 0 Å². The molecule has 0 amide bonds. The number of carbonyl (C=O) groups is 1. The van der Waals surface area contributed by atoms with Crippen LogP contribution in [0, 0.1) is 10.1 Å². The van der Waals surface area contributed by atoms with Crippen LogP contribution in [0.2, 0.25) is 0 Å². The molecule has 0 aromatic heterocycles. The number of Topliss-reactive ketones (excluding diaryl/α,β-unsaturated/α-hetero) is 1. The molecule has 2 aromatic rings. The summed E-state index contributed by atoms with van der Waals surface area (Å²) in [6.45, 7) is 1.53. The number of nitro benzene ring substituents is 1. The molecule has 96 valence electrons. The lowest BCUT2D eigenvalue weighted by molar-refractivity contribution is -0.384. The highest BCUT2D eigenvalue weighted by molar-refractivity contribution is 5.94. The monoisotopic (exact) mass is 255 g/mol. The number of ketones is 1. The average Bonchev–Trinajstić information content (AvgIpc) is 2.40. The predicted molar refractivity (Wildman–Crippen MR) is 72.3 cm³/mol. The molecule has 0 atom stereocenters. The zero-order valence-electron chi connectivity index (χ0n) is 10.5. The van der Waals surface area contributed by atoms with Crippen molar-refractivity contribution in [1.82, 2.24) is 0 Å². The maximum Gasteiger partial charge on any atom is 0.269 e. The van der Waals surface area contributed by atoms with Crippen LogP contribution in [0.25, 0.3) is 0 Å². The number of carbonyl (C=O) groups excluding carboxylic acids is 1. The topological polar surface area (TPSA) is 60.2 Å². The van der Waals surface area contributed by atoms with E-state index in [9.17, 15) is 14.9 Å². The highest BCUT2D eigenvalue weighted by Gasteiger charge is 2.05. The fraction of sp³-hybridized carbons (Fsp3) is 0.133. The Morgan fingerprint density at radius 1 is 1.00 bits per heavy atom. The number of hydrogen-bond donors (Lipinski definition) is 0. The van der Waals surface area contributed by atoms with Crippen molar-refractivity contribution >= 4 is 11.5 Å². The van der Waals surface area contributed by atoms with E-state index >= 15 is 0 Å². The molecule has 0 unspecified atom stereocenters. The van der Waals surface area contributed by atoms with Gasteiger partial charge in [0.25, 0.3) is 5.69 Å². The van der Waals surface area contributed by atoms with Crippen LogP contribution >= 0.6 is 0 Å². The van der Waals surface area contributed by atoms with Crippen LogP contribution in [0.1, 0.15) is 28.4 Å². The van der Waals surface area contributed by atoms with Gasteiger partial charge in [0.1, 0.15) is 0 Å². The highest BCUT2D eigenvalue weighted by atomic mass is 16.6. The summed E-state index contributed by atoms with van der Waals surface area (Å²) in [6.07, 6.45) is 0.691. The number of nitro groups is 1. The van der Waals surface area contributed by atoms with Gasteiger partial charge in [0.05, 0.1) is 4.92 Å². The van der Waals surface area contributed by atoms with Gasteiger partial charge in [0.2, 0.25) is 0 Å². The lowest BCUT2D eigenvalue weighted by Gasteiger charge is -2.03. The molecule has 0 aliphatic heterocycles. The van der Waals surface area contributed by atoms with Crippen LogP contribution in [-0.2, 0) is 6.42 Å². The van der Waals surface area contributed by atoms with E-state index < -0.39 is 4.92 Å². The Morgan fingerprint density at radius 3 is 1.89 bits per heavy atom. The fourth-order valence-corrected chi connectivity index (χ4v) is 1.83. The van der Waals surface area contributed by atoms with E-state index in [4.69, 9.17) is 0 Å². The Morgan fingerprint density at radius 2 is 1.47 bits per heavy atom. The minimum Gasteiger partial charge on any atom is -0.295 e. The largest absolute Gasteiger partial charge is 0.295 e. The number of rotatable bonds is 4. The van der Waals surface area contributed by atoms with E-state index in [2.05, 4.69) is 0 Å². The molecule has 0 aliphatic rings. The van der Waals surface area contributed by atoms with Gasteiger partial charge in [-0.1, -0.05) is 36.4 Å². The van der Waals surface area contributed by atoms with Crippen molar-refractivity contribution in [3.05, 3.63) is 75.3 Å². The third-order valence-electron chi connectivity index (χ3n) is 2.92. The standard InChI is InChI=1S/C15H13NO3/c1-11(17)14-6-2-12(3-7-14)10-13-4-8-15(9-5-13)16(18)19/h2-9H,10H2,1H3. The molecule has 0 N–H and O–H groups in total. The molecule has 0 saturated heterocycles. The minimum absolute atomic E-state index is 0.0434. The molecule has 0 fully saturated rings. The van der Waals surface area contributed by atoms with Crippen molar-refractivity contribution in [2.75, 3.05) is 0 Å². The Labute approximate surface area is 110 Å². The summed E-state index contributed by atoms with van der Waals surface area (Å²) in [5.41, 5.74) is 2.85. The molecule has 0 radical (unpaired) electrons. The molecule has 0 aliphatic carbocycles. The van der Waals surface area contributed by atoms with E-state index in [1.807, 2.05) is 12.1 Å². The summed E-state index contributed by atoms with van der Waals surface area (Å²) in [6, 6.07) is 13.9. The predicted octanol–water partition coefficient (Wildman–Crippen LogP) is 3.39. The maximum absolute atomic E-state index is 11.2. The molecule has 0 bridgehead atoms. The Kier molecular flexibility index (Phi) is 3.71. The first-order chi connectivity index (χ1) is 9.06. The normalized spacial score (nSPS) is 10.2. The summed E-state index contributed by atoms with van der Waals surface area (Å²) in [4.78, 5) is 21.3. The van der Waals surface area contributed by atoms with Crippen LogP contribution in [0.4, 0.5) is 5.69 Å². The first-order valence-corrected chi connectivity index (χ1v) is 5.89. The number of nitrogens with zero attached hydrogens (tertiary/aromatic N) is 1. The number of benzene rings is 2. The van der Waals surface area contributed by atoms with E-state index in [-0.39, 0.29) is 11.5 Å². The van der Waals surface area contributed by atoms with Crippen LogP contribution in [0.15, 0.2) is 48.5 Å². The second-order valence-electron chi connectivity index (χ2n) is 4.35. The molecule has 0 spiro atoms. The van der Waals surface area contributed by atoms with Gasteiger partial charge in [0, 0.05) is 17.7 Å². The zero-order chi connectivity index (χ0) is 13.8. The first-order valence-electron chi connectivity index (χ1n) is 5.89. The molecular formula is C15H13NO3. The van der Waals surface area contributed by atoms with E-state index in [0.717, 1.165) is 11.1 Å². The lowest BCUT2D eigenvalue weighted by Crippen LogP contribution is -1.94. The maximum atomic E-state index is 11.2. The van der Waals surface area contributed by atoms with Crippen molar-refractivity contribution in [3.8, 4) is 0 Å².